The number of hydrogen-bond donors (Lipinski definition) is 2. The van der Waals surface area contributed by atoms with Gasteiger partial charge in [0.2, 0.25) is 5.91 Å². The fraction of sp³-hybridized carbons (Fsp3) is 0.556. The highest BCUT2D eigenvalue weighted by atomic mass is 16.2. The topological polar surface area (TPSA) is 61.4 Å². The van der Waals surface area contributed by atoms with Gasteiger partial charge in [0, 0.05) is 30.7 Å². The minimum Gasteiger partial charge on any atom is -0.353 e. The minimum absolute atomic E-state index is 0.00437. The first kappa shape index (κ1) is 15.8. The first-order chi connectivity index (χ1) is 11.0. The Morgan fingerprint density at radius 3 is 2.39 bits per heavy atom. The lowest BCUT2D eigenvalue weighted by atomic mass is 9.82. The molecule has 124 valence electrons. The molecule has 3 atom stereocenters. The van der Waals surface area contributed by atoms with Crippen LogP contribution < -0.4 is 10.6 Å². The van der Waals surface area contributed by atoms with Crippen LogP contribution in [-0.4, -0.2) is 35.0 Å². The molecule has 1 unspecified atom stereocenters. The van der Waals surface area contributed by atoms with Gasteiger partial charge >= 0.3 is 6.03 Å². The Balaban J connectivity index is 1.71. The van der Waals surface area contributed by atoms with Crippen LogP contribution in [0.15, 0.2) is 24.3 Å². The highest BCUT2D eigenvalue weighted by Crippen LogP contribution is 2.34. The van der Waals surface area contributed by atoms with E-state index >= 15 is 0 Å². The molecular weight excluding hydrogens is 290 g/mol. The number of rotatable bonds is 2. The van der Waals surface area contributed by atoms with E-state index in [2.05, 4.69) is 10.6 Å². The lowest BCUT2D eigenvalue weighted by molar-refractivity contribution is -0.120. The number of anilines is 1. The summed E-state index contributed by atoms with van der Waals surface area (Å²) in [5.74, 6) is 0.0193. The Labute approximate surface area is 137 Å². The number of para-hydroxylation sites is 1. The third-order valence-corrected chi connectivity index (χ3v) is 5.00. The molecule has 3 amide bonds. The third-order valence-electron chi connectivity index (χ3n) is 5.00. The number of piperidine rings is 2. The van der Waals surface area contributed by atoms with E-state index in [0.717, 1.165) is 43.4 Å². The van der Waals surface area contributed by atoms with E-state index < -0.39 is 0 Å². The first-order valence-electron chi connectivity index (χ1n) is 8.46. The van der Waals surface area contributed by atoms with Crippen LogP contribution in [0.4, 0.5) is 10.5 Å². The van der Waals surface area contributed by atoms with Crippen molar-refractivity contribution in [3.8, 4) is 0 Å². The molecule has 2 bridgehead atoms. The maximum atomic E-state index is 12.8. The molecule has 5 nitrogen and oxygen atoms in total. The van der Waals surface area contributed by atoms with Gasteiger partial charge in [-0.15, -0.1) is 0 Å². The van der Waals surface area contributed by atoms with Crippen LogP contribution in [0.1, 0.15) is 44.6 Å². The number of aryl methyl sites for hydroxylation is 1. The molecule has 0 saturated carbocycles. The van der Waals surface area contributed by atoms with E-state index in [1.165, 1.54) is 0 Å². The summed E-state index contributed by atoms with van der Waals surface area (Å²) in [7, 11) is 0. The van der Waals surface area contributed by atoms with Gasteiger partial charge in [0.1, 0.15) is 0 Å². The van der Waals surface area contributed by atoms with Crippen molar-refractivity contribution in [3.63, 3.8) is 0 Å². The molecule has 1 aromatic carbocycles. The number of fused-ring (bicyclic) bond motifs is 2. The second kappa shape index (κ2) is 6.60. The number of nitrogens with one attached hydrogen (secondary N) is 2. The lowest BCUT2D eigenvalue weighted by Crippen LogP contribution is -2.59. The van der Waals surface area contributed by atoms with Crippen LogP contribution in [0.5, 0.6) is 0 Å². The van der Waals surface area contributed by atoms with Crippen molar-refractivity contribution in [3.05, 3.63) is 29.8 Å². The van der Waals surface area contributed by atoms with Crippen molar-refractivity contribution in [1.29, 1.82) is 0 Å². The zero-order valence-corrected chi connectivity index (χ0v) is 13.8. The van der Waals surface area contributed by atoms with Crippen LogP contribution >= 0.6 is 0 Å². The molecule has 5 heteroatoms. The molecule has 0 radical (unpaired) electrons. The molecule has 2 saturated heterocycles. The average Bonchev–Trinajstić information content (AvgIpc) is 2.48. The van der Waals surface area contributed by atoms with E-state index in [9.17, 15) is 9.59 Å². The number of amides is 3. The van der Waals surface area contributed by atoms with Gasteiger partial charge in [-0.25, -0.2) is 4.79 Å². The molecule has 2 N–H and O–H groups in total. The van der Waals surface area contributed by atoms with Gasteiger partial charge in [0.25, 0.3) is 0 Å². The SMILES string of the molecule is CC(=O)NC1C[C@H]2CCC[C@@H](C1)N2C(=O)Nc1ccccc1C. The molecule has 2 heterocycles. The molecule has 2 fully saturated rings. The second-order valence-corrected chi connectivity index (χ2v) is 6.76. The predicted octanol–water partition coefficient (Wildman–Crippen LogP) is 3.05. The number of urea groups is 1. The Kier molecular flexibility index (Phi) is 4.55. The number of hydrogen-bond acceptors (Lipinski definition) is 2. The summed E-state index contributed by atoms with van der Waals surface area (Å²) in [5, 5.41) is 6.10. The smallest absolute Gasteiger partial charge is 0.322 e. The van der Waals surface area contributed by atoms with Crippen LogP contribution in [-0.2, 0) is 4.79 Å². The highest BCUT2D eigenvalue weighted by Gasteiger charge is 2.41. The molecule has 0 spiro atoms. The maximum Gasteiger partial charge on any atom is 0.322 e. The maximum absolute atomic E-state index is 12.8. The van der Waals surface area contributed by atoms with Gasteiger partial charge in [-0.3, -0.25) is 4.79 Å². The number of benzene rings is 1. The van der Waals surface area contributed by atoms with Crippen molar-refractivity contribution in [1.82, 2.24) is 10.2 Å². The monoisotopic (exact) mass is 315 g/mol. The third kappa shape index (κ3) is 3.49. The molecule has 1 aromatic rings. The summed E-state index contributed by atoms with van der Waals surface area (Å²) in [6.07, 6.45) is 4.92. The fourth-order valence-corrected chi connectivity index (χ4v) is 4.01. The minimum atomic E-state index is -0.00437. The quantitative estimate of drug-likeness (QED) is 0.881. The summed E-state index contributed by atoms with van der Waals surface area (Å²) < 4.78 is 0. The van der Waals surface area contributed by atoms with Crippen LogP contribution in [0.25, 0.3) is 0 Å². The van der Waals surface area contributed by atoms with Crippen LogP contribution in [0.2, 0.25) is 0 Å². The van der Waals surface area contributed by atoms with Crippen molar-refractivity contribution in [2.75, 3.05) is 5.32 Å². The Morgan fingerprint density at radius 1 is 1.13 bits per heavy atom. The van der Waals surface area contributed by atoms with Crippen molar-refractivity contribution in [2.24, 2.45) is 0 Å². The van der Waals surface area contributed by atoms with Crippen LogP contribution in [0, 0.1) is 6.92 Å². The van der Waals surface area contributed by atoms with E-state index in [-0.39, 0.29) is 30.1 Å². The Hall–Kier alpha value is -2.04. The summed E-state index contributed by atoms with van der Waals surface area (Å²) >= 11 is 0. The summed E-state index contributed by atoms with van der Waals surface area (Å²) in [5.41, 5.74) is 1.94. The molecule has 2 aliphatic rings. The molecule has 0 aromatic heterocycles. The number of carbonyl (C=O) groups excluding carboxylic acids is 2. The molecule has 0 aliphatic carbocycles. The van der Waals surface area contributed by atoms with Gasteiger partial charge in [-0.05, 0) is 50.7 Å². The van der Waals surface area contributed by atoms with E-state index in [1.807, 2.05) is 36.1 Å². The highest BCUT2D eigenvalue weighted by molar-refractivity contribution is 5.90. The molecular formula is C18H25N3O2. The fourth-order valence-electron chi connectivity index (χ4n) is 4.01. The van der Waals surface area contributed by atoms with Crippen molar-refractivity contribution in [2.45, 2.75) is 64.1 Å². The lowest BCUT2D eigenvalue weighted by Gasteiger charge is -2.48. The summed E-state index contributed by atoms with van der Waals surface area (Å²) in [6.45, 7) is 3.56. The number of nitrogens with zero attached hydrogens (tertiary/aromatic N) is 1. The standard InChI is InChI=1S/C18H25N3O2/c1-12-6-3-4-9-17(12)20-18(23)21-15-7-5-8-16(21)11-14(10-15)19-13(2)22/h3-4,6,9,14-16H,5,7-8,10-11H2,1-2H3,(H,19,22)(H,20,23)/t14?,15-,16+. The Morgan fingerprint density at radius 2 is 1.78 bits per heavy atom. The summed E-state index contributed by atoms with van der Waals surface area (Å²) in [4.78, 5) is 26.1. The van der Waals surface area contributed by atoms with Gasteiger partial charge < -0.3 is 15.5 Å². The van der Waals surface area contributed by atoms with Gasteiger partial charge in [0.15, 0.2) is 0 Å². The summed E-state index contributed by atoms with van der Waals surface area (Å²) in [6, 6.07) is 8.49. The first-order valence-corrected chi connectivity index (χ1v) is 8.46. The molecule has 23 heavy (non-hydrogen) atoms. The van der Waals surface area contributed by atoms with Gasteiger partial charge in [0.05, 0.1) is 0 Å². The van der Waals surface area contributed by atoms with Gasteiger partial charge in [-0.1, -0.05) is 18.2 Å². The van der Waals surface area contributed by atoms with E-state index in [4.69, 9.17) is 0 Å². The zero-order chi connectivity index (χ0) is 16.4. The van der Waals surface area contributed by atoms with E-state index in [0.29, 0.717) is 0 Å². The van der Waals surface area contributed by atoms with E-state index in [1.54, 1.807) is 6.92 Å². The predicted molar refractivity (Wildman–Crippen MR) is 90.3 cm³/mol. The van der Waals surface area contributed by atoms with Crippen molar-refractivity contribution >= 4 is 17.6 Å². The second-order valence-electron chi connectivity index (χ2n) is 6.76. The van der Waals surface area contributed by atoms with Gasteiger partial charge in [-0.2, -0.15) is 0 Å². The molecule has 3 rings (SSSR count). The molecule has 2 aliphatic heterocycles. The van der Waals surface area contributed by atoms with Crippen LogP contribution in [0.3, 0.4) is 0 Å². The number of carbonyl (C=O) groups is 2. The largest absolute Gasteiger partial charge is 0.353 e. The van der Waals surface area contributed by atoms with Crippen molar-refractivity contribution < 1.29 is 9.59 Å². The normalized spacial score (nSPS) is 26.5. The average molecular weight is 315 g/mol. The Bertz CT molecular complexity index is 588. The zero-order valence-electron chi connectivity index (χ0n) is 13.8.